The molecule has 2 aromatic carbocycles. The number of primary amides is 1. The van der Waals surface area contributed by atoms with Crippen LogP contribution in [-0.4, -0.2) is 148 Å². The standard InChI is InChI=1S/C54H83N11O13S2/c1-9-31(8)45(53(76)63-40(24-43(56)67)47(70)57-25-44(68)58-42(27-80)54(77)78)65-51(74)38(21-30(6)7)60-50(73)39(23-32-13-11-10-12-14-32)62-49(72)36(19-28(2)3)59-48(71)37(20-29(4)5)61-52(75)41(26-79)64-46(69)35(55)22-33-15-17-34(66)18-16-33/h10-18,28-31,35-42,45,66,79-80H,9,19-27,55H2,1-8H3,(H2,56,67)(H,57,70)(H,58,68)(H,59,71)(H,60,73)(H,61,75)(H,62,72)(H,63,76)(H,64,69)(H,65,74)(H,77,78)/t31-,35-,36-,37-,38-,39-,40-,41-,42-,45-/m0/s1. The topological polar surface area (TPSA) is 389 Å². The van der Waals surface area contributed by atoms with Crippen molar-refractivity contribution in [1.82, 2.24) is 47.9 Å². The summed E-state index contributed by atoms with van der Waals surface area (Å²) in [7, 11) is 0. The number of nitrogens with one attached hydrogen (secondary N) is 9. The molecule has 0 aromatic heterocycles. The second-order valence-corrected chi connectivity index (χ2v) is 21.7. The average Bonchev–Trinajstić information content (AvgIpc) is 3.38. The molecule has 10 amide bonds. The van der Waals surface area contributed by atoms with Crippen molar-refractivity contribution in [2.45, 2.75) is 155 Å². The number of carbonyl (C=O) groups excluding carboxylic acids is 10. The molecule has 0 aliphatic heterocycles. The summed E-state index contributed by atoms with van der Waals surface area (Å²) >= 11 is 8.15. The van der Waals surface area contributed by atoms with Crippen LogP contribution in [0.5, 0.6) is 5.75 Å². The number of hydrogen-bond acceptors (Lipinski definition) is 15. The molecular weight excluding hydrogens is 1070 g/mol. The number of amides is 10. The van der Waals surface area contributed by atoms with Crippen LogP contribution >= 0.6 is 25.3 Å². The number of carboxylic acids is 1. The molecule has 0 saturated heterocycles. The highest BCUT2D eigenvalue weighted by Gasteiger charge is 2.37. The van der Waals surface area contributed by atoms with Gasteiger partial charge in [0, 0.05) is 17.9 Å². The Morgan fingerprint density at radius 3 is 1.38 bits per heavy atom. The van der Waals surface area contributed by atoms with Crippen molar-refractivity contribution < 1.29 is 63.0 Å². The van der Waals surface area contributed by atoms with Gasteiger partial charge in [-0.1, -0.05) is 104 Å². The third-order valence-electron chi connectivity index (χ3n) is 12.6. The predicted molar refractivity (Wildman–Crippen MR) is 305 cm³/mol. The molecule has 0 saturated carbocycles. The second-order valence-electron chi connectivity index (χ2n) is 21.0. The third kappa shape index (κ3) is 25.0. The van der Waals surface area contributed by atoms with Crippen molar-refractivity contribution in [2.24, 2.45) is 35.1 Å². The van der Waals surface area contributed by atoms with Gasteiger partial charge in [-0.25, -0.2) is 4.79 Å². The van der Waals surface area contributed by atoms with Gasteiger partial charge in [0.15, 0.2) is 0 Å². The van der Waals surface area contributed by atoms with E-state index in [1.54, 1.807) is 70.2 Å². The Kier molecular flexibility index (Phi) is 30.2. The Balaban J connectivity index is 2.40. The lowest BCUT2D eigenvalue weighted by Gasteiger charge is -2.30. The minimum Gasteiger partial charge on any atom is -0.508 e. The first-order valence-corrected chi connectivity index (χ1v) is 27.9. The lowest BCUT2D eigenvalue weighted by molar-refractivity contribution is -0.141. The summed E-state index contributed by atoms with van der Waals surface area (Å²) in [5, 5.41) is 41.9. The van der Waals surface area contributed by atoms with Crippen LogP contribution in [0.15, 0.2) is 54.6 Å². The van der Waals surface area contributed by atoms with Crippen LogP contribution in [0, 0.1) is 23.7 Å². The number of rotatable bonds is 35. The maximum Gasteiger partial charge on any atom is 0.327 e. The number of nitrogens with two attached hydrogens (primary N) is 2. The smallest absolute Gasteiger partial charge is 0.327 e. The fraction of sp³-hybridized carbons (Fsp3) is 0.574. The first-order valence-electron chi connectivity index (χ1n) is 26.6. The zero-order valence-electron chi connectivity index (χ0n) is 46.7. The molecule has 0 fully saturated rings. The van der Waals surface area contributed by atoms with Gasteiger partial charge >= 0.3 is 5.97 Å². The van der Waals surface area contributed by atoms with E-state index in [1.807, 2.05) is 27.7 Å². The van der Waals surface area contributed by atoms with E-state index >= 15 is 0 Å². The van der Waals surface area contributed by atoms with Gasteiger partial charge < -0.3 is 69.5 Å². The molecule has 444 valence electrons. The molecular formula is C54H83N11O13S2. The molecule has 0 heterocycles. The van der Waals surface area contributed by atoms with Gasteiger partial charge in [-0.05, 0) is 72.6 Å². The highest BCUT2D eigenvalue weighted by molar-refractivity contribution is 7.80. The molecule has 15 N–H and O–H groups in total. The Bertz CT molecular complexity index is 2420. The van der Waals surface area contributed by atoms with Crippen LogP contribution in [0.25, 0.3) is 0 Å². The summed E-state index contributed by atoms with van der Waals surface area (Å²) in [4.78, 5) is 147. The molecule has 0 bridgehead atoms. The summed E-state index contributed by atoms with van der Waals surface area (Å²) in [5.41, 5.74) is 12.8. The molecule has 0 aliphatic carbocycles. The van der Waals surface area contributed by atoms with Crippen molar-refractivity contribution in [3.63, 3.8) is 0 Å². The predicted octanol–water partition coefficient (Wildman–Crippen LogP) is -0.497. The second kappa shape index (κ2) is 34.9. The largest absolute Gasteiger partial charge is 0.508 e. The maximum absolute atomic E-state index is 14.5. The number of aliphatic carboxylic acids is 1. The van der Waals surface area contributed by atoms with Gasteiger partial charge in [-0.3, -0.25) is 47.9 Å². The Hall–Kier alpha value is -6.93. The summed E-state index contributed by atoms with van der Waals surface area (Å²) in [6.07, 6.45) is -0.114. The van der Waals surface area contributed by atoms with Crippen molar-refractivity contribution in [1.29, 1.82) is 0 Å². The molecule has 2 rings (SSSR count). The number of phenolic OH excluding ortho intramolecular Hbond substituents is 1. The Labute approximate surface area is 478 Å². The Morgan fingerprint density at radius 2 is 0.925 bits per heavy atom. The van der Waals surface area contributed by atoms with Crippen LogP contribution in [0.1, 0.15) is 98.6 Å². The normalized spacial score (nSPS) is 15.0. The monoisotopic (exact) mass is 1160 g/mol. The van der Waals surface area contributed by atoms with E-state index in [0.717, 1.165) is 0 Å². The summed E-state index contributed by atoms with van der Waals surface area (Å²) in [6, 6.07) is 3.10. The molecule has 0 spiro atoms. The van der Waals surface area contributed by atoms with E-state index < -0.39 is 138 Å². The number of phenols is 1. The first-order chi connectivity index (χ1) is 37.6. The number of benzene rings is 2. The van der Waals surface area contributed by atoms with Crippen molar-refractivity contribution in [2.75, 3.05) is 18.1 Å². The molecule has 24 nitrogen and oxygen atoms in total. The molecule has 80 heavy (non-hydrogen) atoms. The van der Waals surface area contributed by atoms with Crippen LogP contribution in [0.2, 0.25) is 0 Å². The van der Waals surface area contributed by atoms with E-state index in [2.05, 4.69) is 73.1 Å². The highest BCUT2D eigenvalue weighted by Crippen LogP contribution is 2.16. The van der Waals surface area contributed by atoms with Gasteiger partial charge in [0.1, 0.15) is 54.1 Å². The molecule has 0 unspecified atom stereocenters. The molecule has 10 atom stereocenters. The van der Waals surface area contributed by atoms with Crippen molar-refractivity contribution in [3.8, 4) is 5.75 Å². The quantitative estimate of drug-likeness (QED) is 0.0388. The van der Waals surface area contributed by atoms with Crippen LogP contribution in [0.4, 0.5) is 0 Å². The zero-order valence-corrected chi connectivity index (χ0v) is 48.5. The first kappa shape index (κ1) is 69.2. The van der Waals surface area contributed by atoms with E-state index in [1.165, 1.54) is 12.1 Å². The lowest BCUT2D eigenvalue weighted by atomic mass is 9.96. The van der Waals surface area contributed by atoms with Crippen LogP contribution < -0.4 is 59.3 Å². The van der Waals surface area contributed by atoms with Gasteiger partial charge in [-0.15, -0.1) is 0 Å². The summed E-state index contributed by atoms with van der Waals surface area (Å²) in [5.74, 6) is -11.2. The van der Waals surface area contributed by atoms with Crippen LogP contribution in [-0.2, 0) is 65.6 Å². The Morgan fingerprint density at radius 1 is 0.500 bits per heavy atom. The molecule has 26 heteroatoms. The molecule has 2 aromatic rings. The molecule has 0 aliphatic rings. The minimum atomic E-state index is -1.63. The summed E-state index contributed by atoms with van der Waals surface area (Å²) < 4.78 is 0. The van der Waals surface area contributed by atoms with E-state index in [4.69, 9.17) is 11.5 Å². The molecule has 0 radical (unpaired) electrons. The number of hydrogen-bond donors (Lipinski definition) is 15. The maximum atomic E-state index is 14.5. The number of carboxylic acid groups (broad SMARTS) is 1. The number of carbonyl (C=O) groups is 11. The fourth-order valence-corrected chi connectivity index (χ4v) is 8.56. The van der Waals surface area contributed by atoms with Crippen LogP contribution in [0.3, 0.4) is 0 Å². The lowest BCUT2D eigenvalue weighted by Crippen LogP contribution is -2.61. The van der Waals surface area contributed by atoms with E-state index in [0.29, 0.717) is 17.5 Å². The van der Waals surface area contributed by atoms with Crippen molar-refractivity contribution >= 4 is 90.3 Å². The van der Waals surface area contributed by atoms with Gasteiger partial charge in [-0.2, -0.15) is 25.3 Å². The highest BCUT2D eigenvalue weighted by atomic mass is 32.1. The number of aromatic hydroxyl groups is 1. The zero-order chi connectivity index (χ0) is 60.4. The minimum absolute atomic E-state index is 0.0400. The third-order valence-corrected chi connectivity index (χ3v) is 13.3. The SMILES string of the molecule is CC[C@H](C)[C@H](NC(=O)[C@H](CC(C)C)NC(=O)[C@H](Cc1ccccc1)NC(=O)[C@H](CC(C)C)NC(=O)[C@H](CC(C)C)NC(=O)[C@H](CS)NC(=O)[C@@H](N)Cc1ccc(O)cc1)C(=O)N[C@@H](CC(N)=O)C(=O)NCC(=O)N[C@@H](CS)C(=O)O. The van der Waals surface area contributed by atoms with Gasteiger partial charge in [0.25, 0.3) is 0 Å². The van der Waals surface area contributed by atoms with E-state index in [9.17, 15) is 63.0 Å². The fourth-order valence-electron chi connectivity index (χ4n) is 8.06. The van der Waals surface area contributed by atoms with Crippen molar-refractivity contribution in [3.05, 3.63) is 65.7 Å². The number of thiol groups is 2. The summed E-state index contributed by atoms with van der Waals surface area (Å²) in [6.45, 7) is 13.5. The van der Waals surface area contributed by atoms with E-state index in [-0.39, 0.29) is 67.1 Å². The van der Waals surface area contributed by atoms with Gasteiger partial charge in [0.05, 0.1) is 19.0 Å². The van der Waals surface area contributed by atoms with Gasteiger partial charge in [0.2, 0.25) is 59.1 Å². The average molecular weight is 1160 g/mol.